The fraction of sp³-hybridized carbons (Fsp3) is 0.111. The minimum atomic E-state index is 0.341. The molecule has 3 aromatic rings. The highest BCUT2D eigenvalue weighted by molar-refractivity contribution is 5.97. The molecule has 0 atom stereocenters. The molecule has 0 fully saturated rings. The Kier molecular flexibility index (Phi) is 2.96. The summed E-state index contributed by atoms with van der Waals surface area (Å²) in [5.41, 5.74) is 3.24. The lowest BCUT2D eigenvalue weighted by molar-refractivity contribution is 0.477. The second kappa shape index (κ2) is 4.77. The summed E-state index contributed by atoms with van der Waals surface area (Å²) in [6, 6.07) is 20.3. The first kappa shape index (κ1) is 11.8. The molecule has 0 unspecified atom stereocenters. The van der Waals surface area contributed by atoms with Crippen molar-refractivity contribution in [2.24, 2.45) is 0 Å². The molecule has 0 aliphatic carbocycles. The van der Waals surface area contributed by atoms with Crippen LogP contribution in [0.4, 0.5) is 0 Å². The highest BCUT2D eigenvalue weighted by Gasteiger charge is 2.08. The second-order valence-electron chi connectivity index (χ2n) is 4.73. The van der Waals surface area contributed by atoms with E-state index >= 15 is 0 Å². The molecule has 19 heavy (non-hydrogen) atoms. The summed E-state index contributed by atoms with van der Waals surface area (Å²) in [5.74, 6) is 0.341. The summed E-state index contributed by atoms with van der Waals surface area (Å²) in [6.45, 7) is 2.12. The van der Waals surface area contributed by atoms with Crippen LogP contribution in [0.5, 0.6) is 5.75 Å². The van der Waals surface area contributed by atoms with Crippen molar-refractivity contribution in [3.8, 4) is 16.9 Å². The lowest BCUT2D eigenvalue weighted by atomic mass is 9.96. The van der Waals surface area contributed by atoms with E-state index in [4.69, 9.17) is 0 Å². The molecule has 0 amide bonds. The zero-order valence-corrected chi connectivity index (χ0v) is 10.9. The summed E-state index contributed by atoms with van der Waals surface area (Å²) in [7, 11) is 0. The predicted molar refractivity (Wildman–Crippen MR) is 80.4 cm³/mol. The number of hydrogen-bond donors (Lipinski definition) is 1. The molecule has 0 saturated carbocycles. The maximum absolute atomic E-state index is 10.1. The molecule has 94 valence electrons. The van der Waals surface area contributed by atoms with Crippen molar-refractivity contribution >= 4 is 10.8 Å². The van der Waals surface area contributed by atoms with Gasteiger partial charge in [0.1, 0.15) is 5.75 Å². The largest absolute Gasteiger partial charge is 0.507 e. The number of aryl methyl sites for hydroxylation is 1. The number of hydrogen-bond acceptors (Lipinski definition) is 1. The third kappa shape index (κ3) is 2.08. The number of aromatic hydroxyl groups is 1. The highest BCUT2D eigenvalue weighted by atomic mass is 16.3. The molecule has 1 heteroatoms. The van der Waals surface area contributed by atoms with E-state index in [0.717, 1.165) is 17.5 Å². The molecular weight excluding hydrogens is 232 g/mol. The molecule has 0 aromatic heterocycles. The number of phenolic OH excluding ortho intramolecular Hbond substituents is 1. The van der Waals surface area contributed by atoms with Gasteiger partial charge in [0, 0.05) is 5.56 Å². The lowest BCUT2D eigenvalue weighted by Crippen LogP contribution is -1.86. The SMILES string of the molecule is CCc1ccc(O)c(-c2cccc3ccccc23)c1. The normalized spacial score (nSPS) is 10.8. The van der Waals surface area contributed by atoms with Crippen LogP contribution in [0.1, 0.15) is 12.5 Å². The van der Waals surface area contributed by atoms with Crippen LogP contribution in [0, 0.1) is 0 Å². The van der Waals surface area contributed by atoms with Gasteiger partial charge in [-0.05, 0) is 40.5 Å². The van der Waals surface area contributed by atoms with E-state index in [-0.39, 0.29) is 0 Å². The van der Waals surface area contributed by atoms with Gasteiger partial charge in [0.15, 0.2) is 0 Å². The van der Waals surface area contributed by atoms with Crippen LogP contribution in [-0.2, 0) is 6.42 Å². The Morgan fingerprint density at radius 1 is 0.842 bits per heavy atom. The summed E-state index contributed by atoms with van der Waals surface area (Å²) in [6.07, 6.45) is 0.970. The van der Waals surface area contributed by atoms with Gasteiger partial charge in [0.25, 0.3) is 0 Å². The minimum absolute atomic E-state index is 0.341. The predicted octanol–water partition coefficient (Wildman–Crippen LogP) is 4.77. The van der Waals surface area contributed by atoms with Gasteiger partial charge in [0.2, 0.25) is 0 Å². The Bertz CT molecular complexity index is 723. The topological polar surface area (TPSA) is 20.2 Å². The van der Waals surface area contributed by atoms with Crippen molar-refractivity contribution in [2.45, 2.75) is 13.3 Å². The van der Waals surface area contributed by atoms with Crippen molar-refractivity contribution in [3.63, 3.8) is 0 Å². The van der Waals surface area contributed by atoms with E-state index in [1.54, 1.807) is 6.07 Å². The molecule has 0 aliphatic heterocycles. The highest BCUT2D eigenvalue weighted by Crippen LogP contribution is 2.35. The van der Waals surface area contributed by atoms with Crippen molar-refractivity contribution < 1.29 is 5.11 Å². The van der Waals surface area contributed by atoms with Crippen molar-refractivity contribution in [2.75, 3.05) is 0 Å². The zero-order valence-electron chi connectivity index (χ0n) is 10.9. The fourth-order valence-electron chi connectivity index (χ4n) is 2.48. The van der Waals surface area contributed by atoms with Crippen LogP contribution in [0.15, 0.2) is 60.7 Å². The van der Waals surface area contributed by atoms with Crippen LogP contribution in [-0.4, -0.2) is 5.11 Å². The van der Waals surface area contributed by atoms with Crippen molar-refractivity contribution in [1.29, 1.82) is 0 Å². The number of fused-ring (bicyclic) bond motifs is 1. The average molecular weight is 248 g/mol. The Labute approximate surface area is 113 Å². The number of rotatable bonds is 2. The van der Waals surface area contributed by atoms with Gasteiger partial charge in [-0.25, -0.2) is 0 Å². The van der Waals surface area contributed by atoms with Gasteiger partial charge in [-0.2, -0.15) is 0 Å². The molecule has 1 nitrogen and oxygen atoms in total. The lowest BCUT2D eigenvalue weighted by Gasteiger charge is -2.10. The average Bonchev–Trinajstić information content (AvgIpc) is 2.47. The zero-order chi connectivity index (χ0) is 13.2. The summed E-state index contributed by atoms with van der Waals surface area (Å²) in [5, 5.41) is 12.5. The second-order valence-corrected chi connectivity index (χ2v) is 4.73. The molecule has 0 bridgehead atoms. The third-order valence-electron chi connectivity index (χ3n) is 3.55. The first-order valence-electron chi connectivity index (χ1n) is 6.59. The molecule has 1 N–H and O–H groups in total. The van der Waals surface area contributed by atoms with E-state index in [1.807, 2.05) is 24.3 Å². The maximum atomic E-state index is 10.1. The Hall–Kier alpha value is -2.28. The summed E-state index contributed by atoms with van der Waals surface area (Å²) >= 11 is 0. The van der Waals surface area contributed by atoms with Gasteiger partial charge < -0.3 is 5.11 Å². The number of phenols is 1. The van der Waals surface area contributed by atoms with Gasteiger partial charge >= 0.3 is 0 Å². The Balaban J connectivity index is 2.30. The van der Waals surface area contributed by atoms with E-state index in [0.29, 0.717) is 5.75 Å². The standard InChI is InChI=1S/C18H16O/c1-2-13-10-11-18(19)17(12-13)16-9-5-7-14-6-3-4-8-15(14)16/h3-12,19H,2H2,1H3. The smallest absolute Gasteiger partial charge is 0.123 e. The number of benzene rings is 3. The monoisotopic (exact) mass is 248 g/mol. The summed E-state index contributed by atoms with van der Waals surface area (Å²) < 4.78 is 0. The van der Waals surface area contributed by atoms with Crippen LogP contribution in [0.3, 0.4) is 0 Å². The molecule has 0 radical (unpaired) electrons. The first-order chi connectivity index (χ1) is 9.29. The molecule has 0 aliphatic rings. The van der Waals surface area contributed by atoms with Crippen LogP contribution >= 0.6 is 0 Å². The van der Waals surface area contributed by atoms with Crippen LogP contribution in [0.2, 0.25) is 0 Å². The van der Waals surface area contributed by atoms with E-state index in [1.165, 1.54) is 16.3 Å². The fourth-order valence-corrected chi connectivity index (χ4v) is 2.48. The van der Waals surface area contributed by atoms with Gasteiger partial charge in [-0.3, -0.25) is 0 Å². The molecule has 0 saturated heterocycles. The minimum Gasteiger partial charge on any atom is -0.507 e. The summed E-state index contributed by atoms with van der Waals surface area (Å²) in [4.78, 5) is 0. The van der Waals surface area contributed by atoms with Crippen LogP contribution in [0.25, 0.3) is 21.9 Å². The van der Waals surface area contributed by atoms with Gasteiger partial charge in [0.05, 0.1) is 0 Å². The van der Waals surface area contributed by atoms with E-state index in [9.17, 15) is 5.11 Å². The first-order valence-corrected chi connectivity index (χ1v) is 6.59. The van der Waals surface area contributed by atoms with E-state index in [2.05, 4.69) is 37.3 Å². The van der Waals surface area contributed by atoms with Gasteiger partial charge in [-0.15, -0.1) is 0 Å². The van der Waals surface area contributed by atoms with Gasteiger partial charge in [-0.1, -0.05) is 55.5 Å². The molecular formula is C18H16O. The van der Waals surface area contributed by atoms with Crippen molar-refractivity contribution in [3.05, 3.63) is 66.2 Å². The molecule has 0 spiro atoms. The maximum Gasteiger partial charge on any atom is 0.123 e. The van der Waals surface area contributed by atoms with E-state index < -0.39 is 0 Å². The van der Waals surface area contributed by atoms with Crippen LogP contribution < -0.4 is 0 Å². The Morgan fingerprint density at radius 3 is 2.47 bits per heavy atom. The molecule has 3 aromatic carbocycles. The molecule has 3 rings (SSSR count). The molecule has 0 heterocycles. The third-order valence-corrected chi connectivity index (χ3v) is 3.55. The quantitative estimate of drug-likeness (QED) is 0.692. The van der Waals surface area contributed by atoms with Crippen molar-refractivity contribution in [1.82, 2.24) is 0 Å². The Morgan fingerprint density at radius 2 is 1.63 bits per heavy atom.